The maximum Gasteiger partial charge on any atom is 0.104 e. The van der Waals surface area contributed by atoms with Crippen LogP contribution in [0.3, 0.4) is 0 Å². The Bertz CT molecular complexity index is 133. The van der Waals surface area contributed by atoms with Crippen molar-refractivity contribution in [3.63, 3.8) is 0 Å². The van der Waals surface area contributed by atoms with Gasteiger partial charge in [0.25, 0.3) is 0 Å². The molecule has 0 rings (SSSR count). The Hall–Kier alpha value is 0.350. The lowest BCUT2D eigenvalue weighted by atomic mass is 10.2. The molecular weight excluding hydrogens is 178 g/mol. The van der Waals surface area contributed by atoms with E-state index >= 15 is 0 Å². The van der Waals surface area contributed by atoms with Gasteiger partial charge in [-0.05, 0) is 13.0 Å². The van der Waals surface area contributed by atoms with Crippen LogP contribution in [0.4, 0.5) is 0 Å². The first-order valence-corrected chi connectivity index (χ1v) is 3.55. The molecule has 0 aromatic heterocycles. The normalized spacial score (nSPS) is 12.4. The highest BCUT2D eigenvalue weighted by atomic mass is 35.5. The van der Waals surface area contributed by atoms with Gasteiger partial charge < -0.3 is 0 Å². The standard InChI is InChI=1S/C6H7Cl3/c1-4(2)5(7)3-6(8)9/h3,5H,1H2,2H3. The molecule has 0 aromatic rings. The lowest BCUT2D eigenvalue weighted by Gasteiger charge is -1.99. The Morgan fingerprint density at radius 2 is 2.00 bits per heavy atom. The van der Waals surface area contributed by atoms with E-state index in [1.54, 1.807) is 0 Å². The topological polar surface area (TPSA) is 0 Å². The highest BCUT2D eigenvalue weighted by molar-refractivity contribution is 6.56. The minimum absolute atomic E-state index is 0.179. The molecule has 3 heteroatoms. The van der Waals surface area contributed by atoms with Crippen LogP contribution in [0, 0.1) is 0 Å². The molecule has 0 N–H and O–H groups in total. The van der Waals surface area contributed by atoms with Crippen molar-refractivity contribution < 1.29 is 0 Å². The predicted octanol–water partition coefficient (Wildman–Crippen LogP) is 3.49. The maximum absolute atomic E-state index is 5.67. The first-order valence-electron chi connectivity index (χ1n) is 2.36. The van der Waals surface area contributed by atoms with E-state index in [1.807, 2.05) is 6.92 Å². The molecular formula is C6H7Cl3. The first-order chi connectivity index (χ1) is 4.04. The fourth-order valence-corrected chi connectivity index (χ4v) is 0.760. The number of allylic oxidation sites excluding steroid dienone is 2. The molecule has 9 heavy (non-hydrogen) atoms. The van der Waals surface area contributed by atoms with E-state index in [2.05, 4.69) is 6.58 Å². The lowest BCUT2D eigenvalue weighted by Crippen LogP contribution is -1.92. The zero-order valence-electron chi connectivity index (χ0n) is 5.00. The third-order valence-corrected chi connectivity index (χ3v) is 1.49. The minimum atomic E-state index is -0.255. The second kappa shape index (κ2) is 4.21. The van der Waals surface area contributed by atoms with Crippen molar-refractivity contribution in [2.75, 3.05) is 0 Å². The van der Waals surface area contributed by atoms with Gasteiger partial charge in [0, 0.05) is 0 Å². The largest absolute Gasteiger partial charge is 0.114 e. The summed E-state index contributed by atoms with van der Waals surface area (Å²) < 4.78 is 0.179. The van der Waals surface area contributed by atoms with Crippen LogP contribution in [0.25, 0.3) is 0 Å². The third-order valence-electron chi connectivity index (χ3n) is 0.743. The molecule has 0 saturated carbocycles. The summed E-state index contributed by atoms with van der Waals surface area (Å²) >= 11 is 16.3. The molecule has 0 radical (unpaired) electrons. The molecule has 1 unspecified atom stereocenters. The second-order valence-corrected chi connectivity index (χ2v) is 3.18. The number of hydrogen-bond donors (Lipinski definition) is 0. The number of alkyl halides is 1. The van der Waals surface area contributed by atoms with Gasteiger partial charge in [-0.1, -0.05) is 35.4 Å². The molecule has 52 valence electrons. The predicted molar refractivity (Wildman–Crippen MR) is 44.2 cm³/mol. The average Bonchev–Trinajstić information content (AvgIpc) is 1.63. The zero-order valence-corrected chi connectivity index (χ0v) is 7.26. The average molecular weight is 185 g/mol. The molecule has 0 amide bonds. The van der Waals surface area contributed by atoms with Gasteiger partial charge in [-0.3, -0.25) is 0 Å². The molecule has 0 aromatic carbocycles. The van der Waals surface area contributed by atoms with Crippen molar-refractivity contribution in [1.82, 2.24) is 0 Å². The maximum atomic E-state index is 5.67. The number of hydrogen-bond acceptors (Lipinski definition) is 0. The Labute approximate surface area is 70.1 Å². The van der Waals surface area contributed by atoms with Gasteiger partial charge in [0.15, 0.2) is 0 Å². The SMILES string of the molecule is C=C(C)C(Cl)C=C(Cl)Cl. The van der Waals surface area contributed by atoms with E-state index in [-0.39, 0.29) is 9.87 Å². The van der Waals surface area contributed by atoms with Crippen molar-refractivity contribution in [3.05, 3.63) is 22.7 Å². The van der Waals surface area contributed by atoms with Gasteiger partial charge in [-0.15, -0.1) is 11.6 Å². The van der Waals surface area contributed by atoms with Crippen LogP contribution in [-0.4, -0.2) is 5.38 Å². The van der Waals surface area contributed by atoms with E-state index in [4.69, 9.17) is 34.8 Å². The van der Waals surface area contributed by atoms with Crippen LogP contribution in [0.1, 0.15) is 6.92 Å². The molecule has 0 bridgehead atoms. The van der Waals surface area contributed by atoms with E-state index in [9.17, 15) is 0 Å². The summed E-state index contributed by atoms with van der Waals surface area (Å²) in [6.45, 7) is 5.42. The van der Waals surface area contributed by atoms with Crippen LogP contribution in [-0.2, 0) is 0 Å². The molecule has 0 saturated heterocycles. The number of rotatable bonds is 2. The summed E-state index contributed by atoms with van der Waals surface area (Å²) in [5.74, 6) is 0. The van der Waals surface area contributed by atoms with Crippen molar-refractivity contribution in [1.29, 1.82) is 0 Å². The summed E-state index contributed by atoms with van der Waals surface area (Å²) in [5, 5.41) is -0.255. The van der Waals surface area contributed by atoms with Crippen LogP contribution in [0.15, 0.2) is 22.7 Å². The second-order valence-electron chi connectivity index (χ2n) is 1.70. The van der Waals surface area contributed by atoms with Gasteiger partial charge >= 0.3 is 0 Å². The third kappa shape index (κ3) is 4.83. The highest BCUT2D eigenvalue weighted by Crippen LogP contribution is 2.15. The van der Waals surface area contributed by atoms with Crippen LogP contribution < -0.4 is 0 Å². The van der Waals surface area contributed by atoms with Crippen molar-refractivity contribution >= 4 is 34.8 Å². The molecule has 0 spiro atoms. The van der Waals surface area contributed by atoms with Gasteiger partial charge in [0.1, 0.15) is 4.49 Å². The van der Waals surface area contributed by atoms with E-state index in [1.165, 1.54) is 6.08 Å². The summed E-state index contributed by atoms with van der Waals surface area (Å²) in [5.41, 5.74) is 0.829. The Kier molecular flexibility index (Phi) is 4.37. The van der Waals surface area contributed by atoms with Crippen LogP contribution >= 0.6 is 34.8 Å². The van der Waals surface area contributed by atoms with Crippen molar-refractivity contribution in [2.24, 2.45) is 0 Å². The Morgan fingerprint density at radius 1 is 1.56 bits per heavy atom. The smallest absolute Gasteiger partial charge is 0.104 e. The summed E-state index contributed by atoms with van der Waals surface area (Å²) in [6.07, 6.45) is 1.52. The fraction of sp³-hybridized carbons (Fsp3) is 0.333. The quantitative estimate of drug-likeness (QED) is 0.456. The van der Waals surface area contributed by atoms with Gasteiger partial charge in [-0.2, -0.15) is 0 Å². The molecule has 0 heterocycles. The van der Waals surface area contributed by atoms with E-state index < -0.39 is 0 Å². The molecule has 0 aliphatic carbocycles. The molecule has 1 atom stereocenters. The fourth-order valence-electron chi connectivity index (χ4n) is 0.253. The monoisotopic (exact) mass is 184 g/mol. The minimum Gasteiger partial charge on any atom is -0.114 e. The summed E-state index contributed by atoms with van der Waals surface area (Å²) in [4.78, 5) is 0. The molecule has 0 nitrogen and oxygen atoms in total. The molecule has 0 aliphatic rings. The number of halogens is 3. The van der Waals surface area contributed by atoms with Gasteiger partial charge in [0.05, 0.1) is 5.38 Å². The first kappa shape index (κ1) is 9.35. The van der Waals surface area contributed by atoms with Crippen LogP contribution in [0.5, 0.6) is 0 Å². The highest BCUT2D eigenvalue weighted by Gasteiger charge is 1.99. The Balaban J connectivity index is 3.91. The Morgan fingerprint density at radius 3 is 2.11 bits per heavy atom. The van der Waals surface area contributed by atoms with Gasteiger partial charge in [-0.25, -0.2) is 0 Å². The lowest BCUT2D eigenvalue weighted by molar-refractivity contribution is 1.23. The molecule has 0 aliphatic heterocycles. The zero-order chi connectivity index (χ0) is 7.44. The van der Waals surface area contributed by atoms with Crippen LogP contribution in [0.2, 0.25) is 0 Å². The summed E-state index contributed by atoms with van der Waals surface area (Å²) in [7, 11) is 0. The van der Waals surface area contributed by atoms with Crippen molar-refractivity contribution in [2.45, 2.75) is 12.3 Å². The van der Waals surface area contributed by atoms with E-state index in [0.717, 1.165) is 5.57 Å². The van der Waals surface area contributed by atoms with E-state index in [0.29, 0.717) is 0 Å². The van der Waals surface area contributed by atoms with Crippen molar-refractivity contribution in [3.8, 4) is 0 Å². The van der Waals surface area contributed by atoms with Gasteiger partial charge in [0.2, 0.25) is 0 Å². The molecule has 0 fully saturated rings. The summed E-state index contributed by atoms with van der Waals surface area (Å²) in [6, 6.07) is 0.